The van der Waals surface area contributed by atoms with Crippen molar-refractivity contribution in [1.29, 1.82) is 0 Å². The second-order valence-corrected chi connectivity index (χ2v) is 8.13. The highest BCUT2D eigenvalue weighted by atomic mass is 16.5. The zero-order valence-electron chi connectivity index (χ0n) is 15.8. The maximum Gasteiger partial charge on any atom is 0.257 e. The summed E-state index contributed by atoms with van der Waals surface area (Å²) >= 11 is 0. The lowest BCUT2D eigenvalue weighted by molar-refractivity contribution is -0.0372. The van der Waals surface area contributed by atoms with Gasteiger partial charge in [0.2, 0.25) is 0 Å². The molecule has 0 saturated carbocycles. The van der Waals surface area contributed by atoms with Gasteiger partial charge in [0.25, 0.3) is 5.91 Å². The van der Waals surface area contributed by atoms with Gasteiger partial charge >= 0.3 is 0 Å². The molecule has 2 N–H and O–H groups in total. The smallest absolute Gasteiger partial charge is 0.257 e. The summed E-state index contributed by atoms with van der Waals surface area (Å²) in [6, 6.07) is 0. The lowest BCUT2D eigenvalue weighted by Crippen LogP contribution is -2.57. The number of aryl methyl sites for hydroxylation is 1. The van der Waals surface area contributed by atoms with Crippen LogP contribution in [0.15, 0.2) is 6.20 Å². The van der Waals surface area contributed by atoms with Crippen LogP contribution in [0, 0.1) is 0 Å². The second kappa shape index (κ2) is 7.29. The molecular formula is C19H31N5O2. The van der Waals surface area contributed by atoms with Crippen molar-refractivity contribution >= 4 is 5.91 Å². The highest BCUT2D eigenvalue weighted by Gasteiger charge is 2.38. The molecule has 7 nitrogen and oxygen atoms in total. The minimum atomic E-state index is 0.135. The predicted octanol–water partition coefficient (Wildman–Crippen LogP) is 1.05. The van der Waals surface area contributed by atoms with Crippen molar-refractivity contribution in [3.8, 4) is 0 Å². The number of rotatable bonds is 3. The van der Waals surface area contributed by atoms with Gasteiger partial charge in [0.1, 0.15) is 0 Å². The molecule has 26 heavy (non-hydrogen) atoms. The molecule has 1 aromatic rings. The lowest BCUT2D eigenvalue weighted by Gasteiger charge is -2.48. The van der Waals surface area contributed by atoms with Crippen molar-refractivity contribution in [1.82, 2.24) is 19.6 Å². The average Bonchev–Trinajstić information content (AvgIpc) is 3.13. The van der Waals surface area contributed by atoms with Gasteiger partial charge in [0.15, 0.2) is 0 Å². The molecule has 2 saturated heterocycles. The summed E-state index contributed by atoms with van der Waals surface area (Å²) in [6.07, 6.45) is 5.94. The molecule has 1 amide bonds. The Balaban J connectivity index is 1.45. The van der Waals surface area contributed by atoms with Crippen LogP contribution in [0.25, 0.3) is 0 Å². The third-order valence-electron chi connectivity index (χ3n) is 6.61. The predicted molar refractivity (Wildman–Crippen MR) is 99.2 cm³/mol. The molecule has 0 radical (unpaired) electrons. The summed E-state index contributed by atoms with van der Waals surface area (Å²) in [5.74, 6) is 0.393. The number of morpholine rings is 1. The van der Waals surface area contributed by atoms with Gasteiger partial charge in [-0.2, -0.15) is 5.10 Å². The number of piperidine rings is 1. The Hall–Kier alpha value is -1.44. The number of likely N-dealkylation sites (tertiary alicyclic amines) is 1. The first kappa shape index (κ1) is 17.9. The minimum Gasteiger partial charge on any atom is -0.379 e. The summed E-state index contributed by atoms with van der Waals surface area (Å²) in [6.45, 7) is 9.08. The van der Waals surface area contributed by atoms with Crippen LogP contribution in [0.4, 0.5) is 0 Å². The fraction of sp³-hybridized carbons (Fsp3) is 0.789. The Morgan fingerprint density at radius 1 is 1.27 bits per heavy atom. The number of aromatic nitrogens is 2. The van der Waals surface area contributed by atoms with Gasteiger partial charge in [-0.1, -0.05) is 0 Å². The van der Waals surface area contributed by atoms with E-state index >= 15 is 0 Å². The first-order valence-electron chi connectivity index (χ1n) is 10.0. The summed E-state index contributed by atoms with van der Waals surface area (Å²) < 4.78 is 7.49. The summed E-state index contributed by atoms with van der Waals surface area (Å²) in [5.41, 5.74) is 7.97. The van der Waals surface area contributed by atoms with E-state index < -0.39 is 0 Å². The van der Waals surface area contributed by atoms with E-state index in [1.165, 1.54) is 0 Å². The fourth-order valence-corrected chi connectivity index (χ4v) is 4.80. The number of fused-ring (bicyclic) bond motifs is 1. The van der Waals surface area contributed by atoms with Crippen LogP contribution in [-0.4, -0.2) is 77.0 Å². The van der Waals surface area contributed by atoms with Crippen LogP contribution in [0.1, 0.15) is 54.6 Å². The maximum absolute atomic E-state index is 13.2. The fourth-order valence-electron chi connectivity index (χ4n) is 4.80. The monoisotopic (exact) mass is 361 g/mol. The number of ether oxygens (including phenoxy) is 1. The van der Waals surface area contributed by atoms with E-state index in [0.29, 0.717) is 6.54 Å². The molecular weight excluding hydrogens is 330 g/mol. The molecule has 144 valence electrons. The van der Waals surface area contributed by atoms with Crippen LogP contribution in [0.2, 0.25) is 0 Å². The molecule has 4 rings (SSSR count). The lowest BCUT2D eigenvalue weighted by atomic mass is 9.86. The third-order valence-corrected chi connectivity index (χ3v) is 6.61. The topological polar surface area (TPSA) is 76.6 Å². The standard InChI is InChI=1S/C19H31N5O2/c1-19(23-9-11-26-12-10-23)4-7-22(8-5-19)18(25)16-14-21-24-6-2-3-15(13-20)17(16)24/h14-15H,2-13,20H2,1H3. The van der Waals surface area contributed by atoms with Gasteiger partial charge in [-0.25, -0.2) is 0 Å². The van der Waals surface area contributed by atoms with Crippen LogP contribution < -0.4 is 5.73 Å². The number of carbonyl (C=O) groups is 1. The molecule has 3 aliphatic heterocycles. The molecule has 1 atom stereocenters. The number of carbonyl (C=O) groups excluding carboxylic acids is 1. The van der Waals surface area contributed by atoms with Gasteiger partial charge in [-0.05, 0) is 32.6 Å². The van der Waals surface area contributed by atoms with Crippen LogP contribution >= 0.6 is 0 Å². The van der Waals surface area contributed by atoms with E-state index in [0.717, 1.165) is 82.9 Å². The molecule has 0 aliphatic carbocycles. The normalized spacial score (nSPS) is 26.5. The summed E-state index contributed by atoms with van der Waals surface area (Å²) in [4.78, 5) is 17.7. The first-order chi connectivity index (χ1) is 12.6. The number of nitrogens with zero attached hydrogens (tertiary/aromatic N) is 4. The molecule has 1 aromatic heterocycles. The number of hydrogen-bond donors (Lipinski definition) is 1. The van der Waals surface area contributed by atoms with Gasteiger partial charge < -0.3 is 15.4 Å². The van der Waals surface area contributed by atoms with Crippen molar-refractivity contribution in [2.45, 2.75) is 50.6 Å². The Labute approximate surface area is 155 Å². The van der Waals surface area contributed by atoms with Gasteiger partial charge in [-0.15, -0.1) is 0 Å². The Morgan fingerprint density at radius 3 is 2.69 bits per heavy atom. The van der Waals surface area contributed by atoms with Gasteiger partial charge in [-0.3, -0.25) is 14.4 Å². The summed E-state index contributed by atoms with van der Waals surface area (Å²) in [7, 11) is 0. The van der Waals surface area contributed by atoms with E-state index in [4.69, 9.17) is 10.5 Å². The Kier molecular flexibility index (Phi) is 5.03. The molecule has 0 spiro atoms. The average molecular weight is 361 g/mol. The van der Waals surface area contributed by atoms with Crippen molar-refractivity contribution in [3.63, 3.8) is 0 Å². The minimum absolute atomic E-state index is 0.135. The highest BCUT2D eigenvalue weighted by Crippen LogP contribution is 2.32. The van der Waals surface area contributed by atoms with Crippen molar-refractivity contribution in [3.05, 3.63) is 17.5 Å². The first-order valence-corrected chi connectivity index (χ1v) is 10.0. The quantitative estimate of drug-likeness (QED) is 0.871. The third kappa shape index (κ3) is 3.17. The van der Waals surface area contributed by atoms with Crippen molar-refractivity contribution in [2.24, 2.45) is 5.73 Å². The van der Waals surface area contributed by atoms with E-state index in [-0.39, 0.29) is 17.4 Å². The van der Waals surface area contributed by atoms with Crippen LogP contribution in [-0.2, 0) is 11.3 Å². The van der Waals surface area contributed by atoms with E-state index in [1.54, 1.807) is 6.20 Å². The van der Waals surface area contributed by atoms with E-state index in [1.807, 2.05) is 9.58 Å². The Morgan fingerprint density at radius 2 is 2.00 bits per heavy atom. The zero-order valence-corrected chi connectivity index (χ0v) is 15.8. The Bertz CT molecular complexity index is 644. The molecule has 2 fully saturated rings. The van der Waals surface area contributed by atoms with Crippen molar-refractivity contribution < 1.29 is 9.53 Å². The van der Waals surface area contributed by atoms with Gasteiger partial charge in [0.05, 0.1) is 30.7 Å². The zero-order chi connectivity index (χ0) is 18.1. The van der Waals surface area contributed by atoms with Crippen LogP contribution in [0.3, 0.4) is 0 Å². The summed E-state index contributed by atoms with van der Waals surface area (Å²) in [5, 5.41) is 4.46. The van der Waals surface area contributed by atoms with Gasteiger partial charge in [0, 0.05) is 50.7 Å². The van der Waals surface area contributed by atoms with E-state index in [9.17, 15) is 4.79 Å². The molecule has 0 aromatic carbocycles. The second-order valence-electron chi connectivity index (χ2n) is 8.13. The maximum atomic E-state index is 13.2. The number of amides is 1. The highest BCUT2D eigenvalue weighted by molar-refractivity contribution is 5.95. The molecule has 3 aliphatic rings. The largest absolute Gasteiger partial charge is 0.379 e. The SMILES string of the molecule is CC1(N2CCOCC2)CCN(C(=O)c2cnn3c2C(CN)CCC3)CC1. The van der Waals surface area contributed by atoms with Crippen LogP contribution in [0.5, 0.6) is 0 Å². The molecule has 1 unspecified atom stereocenters. The molecule has 7 heteroatoms. The number of nitrogens with two attached hydrogens (primary N) is 1. The van der Waals surface area contributed by atoms with Crippen molar-refractivity contribution in [2.75, 3.05) is 45.9 Å². The van der Waals surface area contributed by atoms with E-state index in [2.05, 4.69) is 16.9 Å². The molecule has 0 bridgehead atoms. The molecule has 4 heterocycles. The number of hydrogen-bond acceptors (Lipinski definition) is 5.